The summed E-state index contributed by atoms with van der Waals surface area (Å²) in [7, 11) is 0. The van der Waals surface area contributed by atoms with Crippen molar-refractivity contribution >= 4 is 0 Å². The summed E-state index contributed by atoms with van der Waals surface area (Å²) in [5.41, 5.74) is 6.03. The number of aryl methyl sites for hydroxylation is 1. The highest BCUT2D eigenvalue weighted by Crippen LogP contribution is 2.34. The third-order valence-corrected chi connectivity index (χ3v) is 5.55. The molecule has 2 aromatic rings. The molecule has 0 saturated heterocycles. The van der Waals surface area contributed by atoms with Crippen LogP contribution < -0.4 is 9.47 Å². The summed E-state index contributed by atoms with van der Waals surface area (Å²) in [5, 5.41) is 0. The zero-order chi connectivity index (χ0) is 20.4. The summed E-state index contributed by atoms with van der Waals surface area (Å²) in [6, 6.07) is 13.1. The molecule has 0 fully saturated rings. The van der Waals surface area contributed by atoms with Gasteiger partial charge < -0.3 is 9.47 Å². The van der Waals surface area contributed by atoms with Gasteiger partial charge in [0.15, 0.2) is 0 Å². The number of ether oxygens (including phenoxy) is 2. The van der Waals surface area contributed by atoms with Gasteiger partial charge in [0.05, 0.1) is 13.2 Å². The molecule has 2 aliphatic heterocycles. The maximum atomic E-state index is 5.66. The van der Waals surface area contributed by atoms with E-state index in [1.807, 2.05) is 0 Å². The maximum Gasteiger partial charge on any atom is 0.122 e. The van der Waals surface area contributed by atoms with Gasteiger partial charge in [-0.25, -0.2) is 0 Å². The van der Waals surface area contributed by atoms with Gasteiger partial charge in [-0.15, -0.1) is 0 Å². The minimum Gasteiger partial charge on any atom is -0.493 e. The van der Waals surface area contributed by atoms with E-state index in [0.29, 0.717) is 0 Å². The smallest absolute Gasteiger partial charge is 0.122 e. The molecule has 0 aliphatic carbocycles. The lowest BCUT2D eigenvalue weighted by Gasteiger charge is -2.27. The molecule has 0 bridgehead atoms. The van der Waals surface area contributed by atoms with Crippen molar-refractivity contribution in [2.24, 2.45) is 0 Å². The van der Waals surface area contributed by atoms with Gasteiger partial charge in [-0.2, -0.15) is 0 Å². The Labute approximate surface area is 171 Å². The zero-order valence-corrected chi connectivity index (χ0v) is 18.5. The fraction of sp³-hybridized carbons (Fsp3) is 0.538. The van der Waals surface area contributed by atoms with E-state index in [-0.39, 0.29) is 10.8 Å². The molecular weight excluding hydrogens is 344 g/mol. The number of benzene rings is 2. The third kappa shape index (κ3) is 4.90. The Morgan fingerprint density at radius 1 is 0.714 bits per heavy atom. The quantitative estimate of drug-likeness (QED) is 0.511. The average Bonchev–Trinajstić information content (AvgIpc) is 2.66. The number of rotatable bonds is 0. The molecule has 0 radical (unpaired) electrons. The predicted octanol–water partition coefficient (Wildman–Crippen LogP) is 6.62. The lowest BCUT2D eigenvalue weighted by atomic mass is 9.82. The van der Waals surface area contributed by atoms with Crippen molar-refractivity contribution in [1.29, 1.82) is 0 Å². The van der Waals surface area contributed by atoms with Gasteiger partial charge in [0.1, 0.15) is 11.5 Å². The molecule has 28 heavy (non-hydrogen) atoms. The predicted molar refractivity (Wildman–Crippen MR) is 118 cm³/mol. The van der Waals surface area contributed by atoms with Crippen LogP contribution in [0.3, 0.4) is 0 Å². The third-order valence-electron chi connectivity index (χ3n) is 5.55. The molecular formula is C26H36O2. The molecule has 2 heteroatoms. The van der Waals surface area contributed by atoms with E-state index in [1.54, 1.807) is 0 Å². The standard InChI is InChI=1S/2C13H18O/c1-13(2,3)11-7-4-8-12-10(11)6-5-9-14-12;1-13(2,3)11-7-6-10-5-4-8-14-12(10)9-11/h4,7-8H,5-6,9H2,1-3H3;6-7,9H,4-5,8H2,1-3H3. The molecule has 2 aliphatic rings. The lowest BCUT2D eigenvalue weighted by molar-refractivity contribution is 0.286. The first-order chi connectivity index (χ1) is 13.2. The highest BCUT2D eigenvalue weighted by atomic mass is 16.5. The van der Waals surface area contributed by atoms with E-state index in [9.17, 15) is 0 Å². The fourth-order valence-electron chi connectivity index (χ4n) is 3.90. The van der Waals surface area contributed by atoms with Crippen molar-refractivity contribution in [3.63, 3.8) is 0 Å². The topological polar surface area (TPSA) is 18.5 Å². The van der Waals surface area contributed by atoms with Crippen LogP contribution in [0.15, 0.2) is 36.4 Å². The lowest BCUT2D eigenvalue weighted by Crippen LogP contribution is -2.18. The second-order valence-electron chi connectivity index (χ2n) is 10.0. The first-order valence-corrected chi connectivity index (χ1v) is 10.7. The van der Waals surface area contributed by atoms with Crippen LogP contribution in [-0.4, -0.2) is 13.2 Å². The van der Waals surface area contributed by atoms with E-state index in [1.165, 1.54) is 35.1 Å². The van der Waals surface area contributed by atoms with Crippen LogP contribution >= 0.6 is 0 Å². The molecule has 0 N–H and O–H groups in total. The van der Waals surface area contributed by atoms with Crippen LogP contribution in [0.1, 0.15) is 76.6 Å². The van der Waals surface area contributed by atoms with Crippen molar-refractivity contribution in [2.75, 3.05) is 13.2 Å². The molecule has 0 atom stereocenters. The van der Waals surface area contributed by atoms with E-state index >= 15 is 0 Å². The zero-order valence-electron chi connectivity index (χ0n) is 18.5. The van der Waals surface area contributed by atoms with E-state index in [2.05, 4.69) is 77.9 Å². The Kier molecular flexibility index (Phi) is 6.07. The average molecular weight is 381 g/mol. The number of hydrogen-bond acceptors (Lipinski definition) is 2. The van der Waals surface area contributed by atoms with Crippen molar-refractivity contribution in [1.82, 2.24) is 0 Å². The van der Waals surface area contributed by atoms with Gasteiger partial charge in [-0.05, 0) is 70.9 Å². The summed E-state index contributed by atoms with van der Waals surface area (Å²) in [4.78, 5) is 0. The van der Waals surface area contributed by atoms with E-state index in [0.717, 1.165) is 37.6 Å². The molecule has 0 spiro atoms. The van der Waals surface area contributed by atoms with Gasteiger partial charge in [-0.3, -0.25) is 0 Å². The minimum absolute atomic E-state index is 0.218. The minimum atomic E-state index is 0.218. The Bertz CT molecular complexity index is 804. The first kappa shape index (κ1) is 20.8. The normalized spacial score (nSPS) is 15.9. The highest BCUT2D eigenvalue weighted by Gasteiger charge is 2.22. The molecule has 2 aromatic carbocycles. The second-order valence-corrected chi connectivity index (χ2v) is 10.0. The SMILES string of the molecule is CC(C)(C)c1ccc2c(c1)OCCC2.CC(C)(C)c1cccc2c1CCCO2. The fourth-order valence-corrected chi connectivity index (χ4v) is 3.90. The summed E-state index contributed by atoms with van der Waals surface area (Å²) in [6.45, 7) is 15.2. The van der Waals surface area contributed by atoms with Gasteiger partial charge >= 0.3 is 0 Å². The maximum absolute atomic E-state index is 5.66. The van der Waals surface area contributed by atoms with Gasteiger partial charge in [0.25, 0.3) is 0 Å². The Balaban J connectivity index is 0.000000161. The van der Waals surface area contributed by atoms with E-state index in [4.69, 9.17) is 9.47 Å². The van der Waals surface area contributed by atoms with Crippen LogP contribution in [0.5, 0.6) is 11.5 Å². The van der Waals surface area contributed by atoms with Gasteiger partial charge in [0, 0.05) is 0 Å². The van der Waals surface area contributed by atoms with Gasteiger partial charge in [0.2, 0.25) is 0 Å². The van der Waals surface area contributed by atoms with Crippen molar-refractivity contribution in [3.05, 3.63) is 58.7 Å². The summed E-state index contributed by atoms with van der Waals surface area (Å²) < 4.78 is 11.3. The molecule has 4 rings (SSSR count). The molecule has 0 amide bonds. The molecule has 2 nitrogen and oxygen atoms in total. The largest absolute Gasteiger partial charge is 0.493 e. The Hall–Kier alpha value is -1.96. The van der Waals surface area contributed by atoms with Crippen LogP contribution in [0, 0.1) is 0 Å². The molecule has 0 unspecified atom stereocenters. The molecule has 0 saturated carbocycles. The van der Waals surface area contributed by atoms with Crippen molar-refractivity contribution in [3.8, 4) is 11.5 Å². The van der Waals surface area contributed by atoms with Crippen LogP contribution in [0.4, 0.5) is 0 Å². The highest BCUT2D eigenvalue weighted by molar-refractivity contribution is 5.44. The first-order valence-electron chi connectivity index (χ1n) is 10.7. The van der Waals surface area contributed by atoms with Crippen molar-refractivity contribution in [2.45, 2.75) is 78.1 Å². The summed E-state index contributed by atoms with van der Waals surface area (Å²) in [6.07, 6.45) is 4.64. The van der Waals surface area contributed by atoms with Crippen LogP contribution in [0.25, 0.3) is 0 Å². The van der Waals surface area contributed by atoms with E-state index < -0.39 is 0 Å². The van der Waals surface area contributed by atoms with Crippen LogP contribution in [-0.2, 0) is 23.7 Å². The number of hydrogen-bond donors (Lipinski definition) is 0. The summed E-state index contributed by atoms with van der Waals surface area (Å²) in [5.74, 6) is 2.20. The Morgan fingerprint density at radius 3 is 2.07 bits per heavy atom. The molecule has 152 valence electrons. The van der Waals surface area contributed by atoms with Crippen molar-refractivity contribution < 1.29 is 9.47 Å². The number of fused-ring (bicyclic) bond motifs is 2. The molecule has 0 aromatic heterocycles. The summed E-state index contributed by atoms with van der Waals surface area (Å²) >= 11 is 0. The van der Waals surface area contributed by atoms with Gasteiger partial charge in [-0.1, -0.05) is 65.8 Å². The molecule has 2 heterocycles. The van der Waals surface area contributed by atoms with Crippen LogP contribution in [0.2, 0.25) is 0 Å². The monoisotopic (exact) mass is 380 g/mol. The second kappa shape index (κ2) is 8.19. The Morgan fingerprint density at radius 2 is 1.39 bits per heavy atom.